The van der Waals surface area contributed by atoms with Gasteiger partial charge in [-0.15, -0.1) is 0 Å². The molecular weight excluding hydrogens is 316 g/mol. The van der Waals surface area contributed by atoms with Crippen molar-refractivity contribution in [3.05, 3.63) is 64.1 Å². The van der Waals surface area contributed by atoms with Crippen LogP contribution < -0.4 is 10.2 Å². The molecule has 4 heteroatoms. The molecule has 20 heavy (non-hydrogen) atoms. The second-order valence-electron chi connectivity index (χ2n) is 4.72. The maximum absolute atomic E-state index is 12.1. The Bertz CT molecular complexity index is 594. The van der Waals surface area contributed by atoms with E-state index >= 15 is 0 Å². The fraction of sp³-hybridized carbons (Fsp3) is 0.188. The van der Waals surface area contributed by atoms with Crippen LogP contribution >= 0.6 is 15.9 Å². The fourth-order valence-corrected chi connectivity index (χ4v) is 2.30. The summed E-state index contributed by atoms with van der Waals surface area (Å²) in [7, 11) is 4.01. The summed E-state index contributed by atoms with van der Waals surface area (Å²) < 4.78 is 0.806. The minimum atomic E-state index is -0.0749. The highest BCUT2D eigenvalue weighted by Gasteiger charge is 2.08. The number of benzene rings is 2. The van der Waals surface area contributed by atoms with Crippen molar-refractivity contribution in [1.82, 2.24) is 5.32 Å². The maximum atomic E-state index is 12.1. The summed E-state index contributed by atoms with van der Waals surface area (Å²) in [4.78, 5) is 14.1. The van der Waals surface area contributed by atoms with Gasteiger partial charge >= 0.3 is 0 Å². The van der Waals surface area contributed by atoms with E-state index in [1.165, 1.54) is 0 Å². The molecule has 104 valence electrons. The zero-order chi connectivity index (χ0) is 14.5. The molecule has 2 rings (SSSR count). The molecule has 0 saturated heterocycles. The number of carbonyl (C=O) groups excluding carboxylic acids is 1. The number of hydrogen-bond donors (Lipinski definition) is 1. The SMILES string of the molecule is CN(C)c1ccc(CNC(=O)c2ccccc2Br)cc1. The Morgan fingerprint density at radius 1 is 1.10 bits per heavy atom. The molecule has 0 heterocycles. The molecule has 0 spiro atoms. The highest BCUT2D eigenvalue weighted by atomic mass is 79.9. The van der Waals surface area contributed by atoms with Gasteiger partial charge < -0.3 is 10.2 Å². The van der Waals surface area contributed by atoms with Crippen molar-refractivity contribution in [3.8, 4) is 0 Å². The van der Waals surface area contributed by atoms with Crippen LogP contribution in [0, 0.1) is 0 Å². The standard InChI is InChI=1S/C16H17BrN2O/c1-19(2)13-9-7-12(8-10-13)11-18-16(20)14-5-3-4-6-15(14)17/h3-10H,11H2,1-2H3,(H,18,20). The van der Waals surface area contributed by atoms with E-state index in [1.807, 2.05) is 61.5 Å². The van der Waals surface area contributed by atoms with Crippen molar-refractivity contribution in [2.75, 3.05) is 19.0 Å². The highest BCUT2D eigenvalue weighted by molar-refractivity contribution is 9.10. The normalized spacial score (nSPS) is 10.2. The van der Waals surface area contributed by atoms with Gasteiger partial charge in [0.2, 0.25) is 0 Å². The number of nitrogens with zero attached hydrogens (tertiary/aromatic N) is 1. The third-order valence-electron chi connectivity index (χ3n) is 3.02. The van der Waals surface area contributed by atoms with Gasteiger partial charge in [0, 0.05) is 30.8 Å². The Morgan fingerprint density at radius 2 is 1.75 bits per heavy atom. The summed E-state index contributed by atoms with van der Waals surface area (Å²) >= 11 is 3.38. The maximum Gasteiger partial charge on any atom is 0.252 e. The van der Waals surface area contributed by atoms with Crippen LogP contribution in [0.25, 0.3) is 0 Å². The Morgan fingerprint density at radius 3 is 2.35 bits per heavy atom. The first kappa shape index (κ1) is 14.6. The molecular formula is C16H17BrN2O. The van der Waals surface area contributed by atoms with Crippen molar-refractivity contribution in [2.24, 2.45) is 0 Å². The summed E-state index contributed by atoms with van der Waals surface area (Å²) in [6, 6.07) is 15.5. The van der Waals surface area contributed by atoms with Crippen molar-refractivity contribution in [3.63, 3.8) is 0 Å². The molecule has 1 N–H and O–H groups in total. The molecule has 2 aromatic carbocycles. The van der Waals surface area contributed by atoms with E-state index in [2.05, 4.69) is 21.2 Å². The average molecular weight is 333 g/mol. The molecule has 0 aliphatic carbocycles. The first-order chi connectivity index (χ1) is 9.58. The number of rotatable bonds is 4. The minimum Gasteiger partial charge on any atom is -0.378 e. The monoisotopic (exact) mass is 332 g/mol. The van der Waals surface area contributed by atoms with Crippen molar-refractivity contribution in [2.45, 2.75) is 6.54 Å². The zero-order valence-corrected chi connectivity index (χ0v) is 13.1. The Hall–Kier alpha value is -1.81. The highest BCUT2D eigenvalue weighted by Crippen LogP contribution is 2.16. The topological polar surface area (TPSA) is 32.3 Å². The lowest BCUT2D eigenvalue weighted by Crippen LogP contribution is -2.23. The zero-order valence-electron chi connectivity index (χ0n) is 11.6. The van der Waals surface area contributed by atoms with Gasteiger partial charge in [0.1, 0.15) is 0 Å². The van der Waals surface area contributed by atoms with Gasteiger partial charge in [-0.05, 0) is 45.8 Å². The van der Waals surface area contributed by atoms with Crippen LogP contribution in [0.1, 0.15) is 15.9 Å². The van der Waals surface area contributed by atoms with Crippen LogP contribution in [0.15, 0.2) is 53.0 Å². The molecule has 0 unspecified atom stereocenters. The summed E-state index contributed by atoms with van der Waals surface area (Å²) in [5, 5.41) is 2.92. The Balaban J connectivity index is 1.98. The molecule has 3 nitrogen and oxygen atoms in total. The molecule has 0 bridgehead atoms. The van der Waals surface area contributed by atoms with Gasteiger partial charge in [-0.3, -0.25) is 4.79 Å². The van der Waals surface area contributed by atoms with Gasteiger partial charge in [-0.1, -0.05) is 24.3 Å². The summed E-state index contributed by atoms with van der Waals surface area (Å²) in [5.41, 5.74) is 2.87. The van der Waals surface area contributed by atoms with Gasteiger partial charge in [0.05, 0.1) is 5.56 Å². The molecule has 0 saturated carbocycles. The lowest BCUT2D eigenvalue weighted by molar-refractivity contribution is 0.0950. The molecule has 0 fully saturated rings. The molecule has 0 aromatic heterocycles. The van der Waals surface area contributed by atoms with Crippen LogP contribution in [0.4, 0.5) is 5.69 Å². The van der Waals surface area contributed by atoms with Crippen molar-refractivity contribution in [1.29, 1.82) is 0 Å². The fourth-order valence-electron chi connectivity index (χ4n) is 1.83. The second kappa shape index (κ2) is 6.57. The number of halogens is 1. The first-order valence-corrected chi connectivity index (χ1v) is 7.16. The number of carbonyl (C=O) groups is 1. The van der Waals surface area contributed by atoms with Crippen LogP contribution in [0.5, 0.6) is 0 Å². The van der Waals surface area contributed by atoms with Gasteiger partial charge in [-0.25, -0.2) is 0 Å². The van der Waals surface area contributed by atoms with Gasteiger partial charge in [0.15, 0.2) is 0 Å². The summed E-state index contributed by atoms with van der Waals surface area (Å²) in [5.74, 6) is -0.0749. The van der Waals surface area contributed by atoms with E-state index in [0.29, 0.717) is 12.1 Å². The quantitative estimate of drug-likeness (QED) is 0.930. The molecule has 2 aromatic rings. The second-order valence-corrected chi connectivity index (χ2v) is 5.58. The molecule has 0 aliphatic rings. The Kier molecular flexibility index (Phi) is 4.79. The Labute approximate surface area is 127 Å². The smallest absolute Gasteiger partial charge is 0.252 e. The lowest BCUT2D eigenvalue weighted by atomic mass is 10.2. The summed E-state index contributed by atoms with van der Waals surface area (Å²) in [6.45, 7) is 0.522. The third kappa shape index (κ3) is 3.61. The van der Waals surface area contributed by atoms with Crippen molar-refractivity contribution < 1.29 is 4.79 Å². The molecule has 1 amide bonds. The van der Waals surface area contributed by atoms with E-state index in [1.54, 1.807) is 6.07 Å². The van der Waals surface area contributed by atoms with Gasteiger partial charge in [0.25, 0.3) is 5.91 Å². The number of amides is 1. The predicted molar refractivity (Wildman–Crippen MR) is 86.1 cm³/mol. The van der Waals surface area contributed by atoms with E-state index in [4.69, 9.17) is 0 Å². The predicted octanol–water partition coefficient (Wildman–Crippen LogP) is 3.45. The van der Waals surface area contributed by atoms with Crippen LogP contribution in [-0.2, 0) is 6.54 Å². The number of nitrogens with one attached hydrogen (secondary N) is 1. The number of hydrogen-bond acceptors (Lipinski definition) is 2. The van der Waals surface area contributed by atoms with E-state index in [9.17, 15) is 4.79 Å². The van der Waals surface area contributed by atoms with Crippen LogP contribution in [0.2, 0.25) is 0 Å². The van der Waals surface area contributed by atoms with E-state index in [-0.39, 0.29) is 5.91 Å². The lowest BCUT2D eigenvalue weighted by Gasteiger charge is -2.13. The average Bonchev–Trinajstić information content (AvgIpc) is 2.45. The van der Waals surface area contributed by atoms with Crippen LogP contribution in [-0.4, -0.2) is 20.0 Å². The van der Waals surface area contributed by atoms with Crippen molar-refractivity contribution >= 4 is 27.5 Å². The molecule has 0 atom stereocenters. The third-order valence-corrected chi connectivity index (χ3v) is 3.72. The molecule has 0 radical (unpaired) electrons. The minimum absolute atomic E-state index is 0.0749. The first-order valence-electron chi connectivity index (χ1n) is 6.37. The summed E-state index contributed by atoms with van der Waals surface area (Å²) in [6.07, 6.45) is 0. The largest absolute Gasteiger partial charge is 0.378 e. The van der Waals surface area contributed by atoms with Gasteiger partial charge in [-0.2, -0.15) is 0 Å². The van der Waals surface area contributed by atoms with E-state index in [0.717, 1.165) is 15.7 Å². The van der Waals surface area contributed by atoms with Crippen LogP contribution in [0.3, 0.4) is 0 Å². The molecule has 0 aliphatic heterocycles. The number of anilines is 1. The van der Waals surface area contributed by atoms with E-state index < -0.39 is 0 Å².